The third-order valence-corrected chi connectivity index (χ3v) is 2.56. The minimum Gasteiger partial charge on any atom is -0.506 e. The van der Waals surface area contributed by atoms with Crippen LogP contribution in [0.1, 0.15) is 5.56 Å². The monoisotopic (exact) mass is 245 g/mol. The Bertz CT molecular complexity index is 582. The summed E-state index contributed by atoms with van der Waals surface area (Å²) in [5.74, 6) is 0.0446. The van der Waals surface area contributed by atoms with Crippen molar-refractivity contribution in [3.8, 4) is 17.0 Å². The second-order valence-corrected chi connectivity index (χ2v) is 3.71. The smallest absolute Gasteiger partial charge is 0.269 e. The number of benzene rings is 1. The molecule has 2 aromatic rings. The van der Waals surface area contributed by atoms with Crippen molar-refractivity contribution in [2.24, 2.45) is 5.73 Å². The third-order valence-electron chi connectivity index (χ3n) is 2.56. The number of pyridine rings is 1. The Hall–Kier alpha value is -2.47. The second kappa shape index (κ2) is 4.80. The fraction of sp³-hybridized carbons (Fsp3) is 0.0833. The van der Waals surface area contributed by atoms with Gasteiger partial charge in [0.15, 0.2) is 0 Å². The van der Waals surface area contributed by atoms with Crippen LogP contribution in [-0.2, 0) is 6.54 Å². The van der Waals surface area contributed by atoms with Gasteiger partial charge in [-0.25, -0.2) is 0 Å². The number of hydrogen-bond donors (Lipinski definition) is 2. The molecule has 92 valence electrons. The van der Waals surface area contributed by atoms with Gasteiger partial charge < -0.3 is 10.8 Å². The van der Waals surface area contributed by atoms with Gasteiger partial charge in [0, 0.05) is 29.8 Å². The van der Waals surface area contributed by atoms with Gasteiger partial charge in [0.1, 0.15) is 5.75 Å². The maximum Gasteiger partial charge on any atom is 0.269 e. The highest BCUT2D eigenvalue weighted by Gasteiger charge is 2.08. The van der Waals surface area contributed by atoms with Crippen LogP contribution in [0.5, 0.6) is 5.75 Å². The predicted molar refractivity (Wildman–Crippen MR) is 65.9 cm³/mol. The van der Waals surface area contributed by atoms with E-state index in [1.54, 1.807) is 18.2 Å². The van der Waals surface area contributed by atoms with Gasteiger partial charge in [-0.3, -0.25) is 15.1 Å². The topological polar surface area (TPSA) is 102 Å². The van der Waals surface area contributed by atoms with Gasteiger partial charge in [-0.05, 0) is 18.2 Å². The lowest BCUT2D eigenvalue weighted by Gasteiger charge is -2.05. The number of rotatable bonds is 3. The first kappa shape index (κ1) is 12.0. The number of aromatic hydroxyl groups is 1. The molecule has 0 amide bonds. The van der Waals surface area contributed by atoms with Crippen molar-refractivity contribution in [3.63, 3.8) is 0 Å². The second-order valence-electron chi connectivity index (χ2n) is 3.71. The molecule has 0 radical (unpaired) electrons. The van der Waals surface area contributed by atoms with Gasteiger partial charge >= 0.3 is 0 Å². The van der Waals surface area contributed by atoms with E-state index in [1.165, 1.54) is 18.3 Å². The maximum atomic E-state index is 10.5. The predicted octanol–water partition coefficient (Wildman–Crippen LogP) is 1.82. The summed E-state index contributed by atoms with van der Waals surface area (Å²) in [6.07, 6.45) is 1.32. The van der Waals surface area contributed by atoms with E-state index < -0.39 is 4.92 Å². The Kier molecular flexibility index (Phi) is 3.20. The molecule has 0 bridgehead atoms. The van der Waals surface area contributed by atoms with E-state index in [2.05, 4.69) is 4.98 Å². The molecule has 6 heteroatoms. The Morgan fingerprint density at radius 3 is 2.56 bits per heavy atom. The molecule has 0 aliphatic heterocycles. The Labute approximate surface area is 103 Å². The lowest BCUT2D eigenvalue weighted by atomic mass is 10.1. The summed E-state index contributed by atoms with van der Waals surface area (Å²) >= 11 is 0. The van der Waals surface area contributed by atoms with Crippen LogP contribution in [0.15, 0.2) is 36.5 Å². The van der Waals surface area contributed by atoms with E-state index in [4.69, 9.17) is 5.73 Å². The highest BCUT2D eigenvalue weighted by atomic mass is 16.6. The molecule has 3 N–H and O–H groups in total. The minimum absolute atomic E-state index is 0.0246. The molecule has 1 heterocycles. The van der Waals surface area contributed by atoms with E-state index in [0.29, 0.717) is 11.3 Å². The van der Waals surface area contributed by atoms with Crippen molar-refractivity contribution in [1.29, 1.82) is 0 Å². The normalized spacial score (nSPS) is 10.3. The summed E-state index contributed by atoms with van der Waals surface area (Å²) in [7, 11) is 0. The molecular formula is C12H11N3O3. The molecule has 0 fully saturated rings. The SMILES string of the molecule is NCc1cc(-c2ccc([N+](=O)[O-])cc2)ncc1O. The number of non-ortho nitro benzene ring substituents is 1. The molecule has 6 nitrogen and oxygen atoms in total. The molecule has 0 aliphatic carbocycles. The first-order valence-corrected chi connectivity index (χ1v) is 5.24. The molecule has 0 spiro atoms. The molecule has 1 aromatic carbocycles. The van der Waals surface area contributed by atoms with Crippen LogP contribution in [0, 0.1) is 10.1 Å². The fourth-order valence-electron chi connectivity index (χ4n) is 1.57. The van der Waals surface area contributed by atoms with Crippen molar-refractivity contribution >= 4 is 5.69 Å². The summed E-state index contributed by atoms with van der Waals surface area (Å²) in [4.78, 5) is 14.1. The minimum atomic E-state index is -0.459. The largest absolute Gasteiger partial charge is 0.506 e. The van der Waals surface area contributed by atoms with Crippen LogP contribution in [0.25, 0.3) is 11.3 Å². The number of aromatic nitrogens is 1. The zero-order chi connectivity index (χ0) is 13.1. The number of nitrogens with two attached hydrogens (primary N) is 1. The lowest BCUT2D eigenvalue weighted by Crippen LogP contribution is -1.98. The quantitative estimate of drug-likeness (QED) is 0.634. The van der Waals surface area contributed by atoms with E-state index in [1.807, 2.05) is 0 Å². The number of hydrogen-bond acceptors (Lipinski definition) is 5. The highest BCUT2D eigenvalue weighted by Crippen LogP contribution is 2.24. The highest BCUT2D eigenvalue weighted by molar-refractivity contribution is 5.62. The molecule has 0 saturated heterocycles. The molecule has 2 rings (SSSR count). The summed E-state index contributed by atoms with van der Waals surface area (Å²) in [6.45, 7) is 0.203. The van der Waals surface area contributed by atoms with Crippen molar-refractivity contribution in [3.05, 3.63) is 52.2 Å². The molecule has 0 aliphatic rings. The summed E-state index contributed by atoms with van der Waals surface area (Å²) < 4.78 is 0. The van der Waals surface area contributed by atoms with Crippen LogP contribution < -0.4 is 5.73 Å². The van der Waals surface area contributed by atoms with Crippen LogP contribution in [0.3, 0.4) is 0 Å². The Morgan fingerprint density at radius 2 is 2.00 bits per heavy atom. The van der Waals surface area contributed by atoms with E-state index in [0.717, 1.165) is 5.56 Å². The standard InChI is InChI=1S/C12H11N3O3/c13-6-9-5-11(14-7-12(9)16)8-1-3-10(4-2-8)15(17)18/h1-5,7,16H,6,13H2. The zero-order valence-electron chi connectivity index (χ0n) is 9.41. The summed E-state index contributed by atoms with van der Waals surface area (Å²) in [6, 6.07) is 7.70. The Balaban J connectivity index is 2.39. The van der Waals surface area contributed by atoms with Gasteiger partial charge in [-0.2, -0.15) is 0 Å². The fourth-order valence-corrected chi connectivity index (χ4v) is 1.57. The van der Waals surface area contributed by atoms with E-state index in [9.17, 15) is 15.2 Å². The van der Waals surface area contributed by atoms with Gasteiger partial charge in [0.25, 0.3) is 5.69 Å². The van der Waals surface area contributed by atoms with Gasteiger partial charge in [0.2, 0.25) is 0 Å². The summed E-state index contributed by atoms with van der Waals surface area (Å²) in [5.41, 5.74) is 7.44. The maximum absolute atomic E-state index is 10.5. The average Bonchev–Trinajstić information content (AvgIpc) is 2.39. The van der Waals surface area contributed by atoms with Crippen molar-refractivity contribution in [2.45, 2.75) is 6.54 Å². The van der Waals surface area contributed by atoms with Crippen molar-refractivity contribution in [1.82, 2.24) is 4.98 Å². The molecule has 0 saturated carbocycles. The van der Waals surface area contributed by atoms with E-state index in [-0.39, 0.29) is 18.0 Å². The molecule has 0 unspecified atom stereocenters. The number of nitrogens with zero attached hydrogens (tertiary/aromatic N) is 2. The average molecular weight is 245 g/mol. The first-order valence-electron chi connectivity index (χ1n) is 5.24. The van der Waals surface area contributed by atoms with Gasteiger partial charge in [0.05, 0.1) is 16.8 Å². The van der Waals surface area contributed by atoms with Crippen LogP contribution >= 0.6 is 0 Å². The molecular weight excluding hydrogens is 234 g/mol. The van der Waals surface area contributed by atoms with Gasteiger partial charge in [-0.1, -0.05) is 0 Å². The zero-order valence-corrected chi connectivity index (χ0v) is 9.41. The lowest BCUT2D eigenvalue weighted by molar-refractivity contribution is -0.384. The van der Waals surface area contributed by atoms with Crippen molar-refractivity contribution in [2.75, 3.05) is 0 Å². The molecule has 1 aromatic heterocycles. The first-order chi connectivity index (χ1) is 8.61. The van der Waals surface area contributed by atoms with Crippen LogP contribution in [-0.4, -0.2) is 15.0 Å². The number of nitro benzene ring substituents is 1. The molecule has 18 heavy (non-hydrogen) atoms. The number of nitro groups is 1. The summed E-state index contributed by atoms with van der Waals surface area (Å²) in [5, 5.41) is 20.0. The molecule has 0 atom stereocenters. The van der Waals surface area contributed by atoms with Gasteiger partial charge in [-0.15, -0.1) is 0 Å². The van der Waals surface area contributed by atoms with Crippen LogP contribution in [0.4, 0.5) is 5.69 Å². The van der Waals surface area contributed by atoms with E-state index >= 15 is 0 Å². The third kappa shape index (κ3) is 2.28. The van der Waals surface area contributed by atoms with Crippen LogP contribution in [0.2, 0.25) is 0 Å². The van der Waals surface area contributed by atoms with Crippen molar-refractivity contribution < 1.29 is 10.0 Å². The Morgan fingerprint density at radius 1 is 1.33 bits per heavy atom.